The number of aromatic nitrogens is 1. The monoisotopic (exact) mass is 457 g/mol. The number of fused-ring (bicyclic) bond motifs is 2. The van der Waals surface area contributed by atoms with Gasteiger partial charge in [0.05, 0.1) is 18.4 Å². The molecule has 1 amide bonds. The Labute approximate surface area is 194 Å². The van der Waals surface area contributed by atoms with Crippen molar-refractivity contribution in [2.75, 3.05) is 25.6 Å². The predicted molar refractivity (Wildman–Crippen MR) is 128 cm³/mol. The molecule has 0 bridgehead atoms. The van der Waals surface area contributed by atoms with Crippen LogP contribution in [0.5, 0.6) is 0 Å². The Morgan fingerprint density at radius 1 is 1.38 bits per heavy atom. The van der Waals surface area contributed by atoms with Gasteiger partial charge in [-0.1, -0.05) is 39.0 Å². The molecule has 2 aliphatic carbocycles. The molecule has 6 nitrogen and oxygen atoms in total. The summed E-state index contributed by atoms with van der Waals surface area (Å²) in [7, 11) is 1.62. The standard InChI is InChI=1S/C25H35N3O3S/c1-15(23(30)26-12-13-31-4)18-10-11-25(3)14-19-21(16(2)20(25)22(18)29)28-24(32-19)27-17-8-6-5-7-9-17/h5-9,15-16,18,20,22,29H,10-14H2,1-4H3,(H,26,30)(H,27,28)/t15-,16+,18-,20+,22-,25+/m0/s1. The minimum absolute atomic E-state index is 0.00172. The first kappa shape index (κ1) is 23.2. The Kier molecular flexibility index (Phi) is 6.89. The maximum Gasteiger partial charge on any atom is 0.223 e. The molecule has 0 spiro atoms. The average Bonchev–Trinajstić information content (AvgIpc) is 3.16. The fourth-order valence-corrected chi connectivity index (χ4v) is 7.16. The van der Waals surface area contributed by atoms with E-state index >= 15 is 0 Å². The van der Waals surface area contributed by atoms with Crippen molar-refractivity contribution in [1.29, 1.82) is 0 Å². The molecule has 4 rings (SSSR count). The fourth-order valence-electron chi connectivity index (χ4n) is 5.88. The van der Waals surface area contributed by atoms with Crippen LogP contribution in [0.2, 0.25) is 0 Å². The van der Waals surface area contributed by atoms with Crippen molar-refractivity contribution in [2.24, 2.45) is 23.2 Å². The quantitative estimate of drug-likeness (QED) is 0.539. The summed E-state index contributed by atoms with van der Waals surface area (Å²) in [5.74, 6) is -0.0321. The Hall–Kier alpha value is -1.96. The summed E-state index contributed by atoms with van der Waals surface area (Å²) in [6.45, 7) is 7.45. The molecule has 1 saturated carbocycles. The largest absolute Gasteiger partial charge is 0.392 e. The van der Waals surface area contributed by atoms with Gasteiger partial charge in [-0.2, -0.15) is 0 Å². The number of amides is 1. The summed E-state index contributed by atoms with van der Waals surface area (Å²) >= 11 is 1.73. The maximum atomic E-state index is 12.7. The van der Waals surface area contributed by atoms with Gasteiger partial charge in [-0.3, -0.25) is 4.79 Å². The lowest BCUT2D eigenvalue weighted by molar-refractivity contribution is -0.135. The highest BCUT2D eigenvalue weighted by Crippen LogP contribution is 2.57. The predicted octanol–water partition coefficient (Wildman–Crippen LogP) is 4.34. The number of ether oxygens (including phenoxy) is 1. The molecule has 2 aliphatic rings. The molecule has 3 N–H and O–H groups in total. The molecule has 0 aliphatic heterocycles. The topological polar surface area (TPSA) is 83.5 Å². The van der Waals surface area contributed by atoms with Crippen molar-refractivity contribution < 1.29 is 14.6 Å². The van der Waals surface area contributed by atoms with Crippen LogP contribution in [0.4, 0.5) is 10.8 Å². The Morgan fingerprint density at radius 2 is 2.12 bits per heavy atom. The zero-order valence-corrected chi connectivity index (χ0v) is 20.2. The number of aliphatic hydroxyl groups is 1. The molecule has 174 valence electrons. The SMILES string of the molecule is COCCNC(=O)[C@@H](C)[C@@H]1CC[C@]2(C)Cc3sc(Nc4ccccc4)nc3[C@H](C)[C@@H]2[C@H]1O. The summed E-state index contributed by atoms with van der Waals surface area (Å²) in [4.78, 5) is 18.9. The van der Waals surface area contributed by atoms with E-state index in [-0.39, 0.29) is 35.0 Å². The van der Waals surface area contributed by atoms with Crippen molar-refractivity contribution in [3.8, 4) is 0 Å². The van der Waals surface area contributed by atoms with Gasteiger partial charge in [0.2, 0.25) is 5.91 Å². The summed E-state index contributed by atoms with van der Waals surface area (Å²) in [6, 6.07) is 10.1. The zero-order valence-electron chi connectivity index (χ0n) is 19.4. The van der Waals surface area contributed by atoms with E-state index in [1.807, 2.05) is 37.3 Å². The number of nitrogens with zero attached hydrogens (tertiary/aromatic N) is 1. The molecule has 1 fully saturated rings. The number of aliphatic hydroxyl groups excluding tert-OH is 1. The van der Waals surface area contributed by atoms with Crippen LogP contribution in [0.25, 0.3) is 0 Å². The molecule has 0 unspecified atom stereocenters. The first-order chi connectivity index (χ1) is 15.3. The third kappa shape index (κ3) is 4.43. The van der Waals surface area contributed by atoms with E-state index in [0.717, 1.165) is 35.8 Å². The van der Waals surface area contributed by atoms with Gasteiger partial charge in [0.1, 0.15) is 0 Å². The number of rotatable bonds is 7. The summed E-state index contributed by atoms with van der Waals surface area (Å²) in [5, 5.41) is 18.8. The second kappa shape index (κ2) is 9.49. The number of carbonyl (C=O) groups excluding carboxylic acids is 1. The highest BCUT2D eigenvalue weighted by Gasteiger charge is 2.53. The van der Waals surface area contributed by atoms with Crippen molar-refractivity contribution in [3.05, 3.63) is 40.9 Å². The van der Waals surface area contributed by atoms with Crippen LogP contribution in [0, 0.1) is 23.2 Å². The number of hydrogen-bond acceptors (Lipinski definition) is 6. The van der Waals surface area contributed by atoms with Crippen molar-refractivity contribution in [2.45, 2.75) is 52.1 Å². The lowest BCUT2D eigenvalue weighted by atomic mass is 9.53. The third-order valence-corrected chi connectivity index (χ3v) is 8.59. The lowest BCUT2D eigenvalue weighted by Crippen LogP contribution is -2.53. The maximum absolute atomic E-state index is 12.7. The number of thiazole rings is 1. The van der Waals surface area contributed by atoms with Crippen molar-refractivity contribution in [3.63, 3.8) is 0 Å². The third-order valence-electron chi connectivity index (χ3n) is 7.61. The normalized spacial score (nSPS) is 30.2. The van der Waals surface area contributed by atoms with Crippen LogP contribution in [-0.2, 0) is 16.0 Å². The number of methoxy groups -OCH3 is 1. The number of hydrogen-bond donors (Lipinski definition) is 3. The molecular formula is C25H35N3O3S. The number of carbonyl (C=O) groups is 1. The van der Waals surface area contributed by atoms with Crippen molar-refractivity contribution >= 4 is 28.1 Å². The number of para-hydroxylation sites is 1. The Balaban J connectivity index is 1.52. The Morgan fingerprint density at radius 3 is 2.84 bits per heavy atom. The molecule has 7 heteroatoms. The van der Waals surface area contributed by atoms with Gasteiger partial charge in [0, 0.05) is 36.1 Å². The molecule has 2 aromatic rings. The van der Waals surface area contributed by atoms with Crippen LogP contribution < -0.4 is 10.6 Å². The Bertz CT molecular complexity index is 934. The van der Waals surface area contributed by atoms with Gasteiger partial charge in [-0.15, -0.1) is 11.3 Å². The molecule has 1 aromatic carbocycles. The molecular weight excluding hydrogens is 422 g/mol. The highest BCUT2D eigenvalue weighted by atomic mass is 32.1. The van der Waals surface area contributed by atoms with Gasteiger partial charge in [0.25, 0.3) is 0 Å². The van der Waals surface area contributed by atoms with E-state index in [1.165, 1.54) is 4.88 Å². The van der Waals surface area contributed by atoms with Crippen LogP contribution in [0.1, 0.15) is 50.1 Å². The summed E-state index contributed by atoms with van der Waals surface area (Å²) < 4.78 is 5.03. The van der Waals surface area contributed by atoms with Crippen LogP contribution in [0.15, 0.2) is 30.3 Å². The smallest absolute Gasteiger partial charge is 0.223 e. The summed E-state index contributed by atoms with van der Waals surface area (Å²) in [6.07, 6.45) is 2.29. The van der Waals surface area contributed by atoms with Gasteiger partial charge in [0.15, 0.2) is 5.13 Å². The highest BCUT2D eigenvalue weighted by molar-refractivity contribution is 7.15. The van der Waals surface area contributed by atoms with Crippen LogP contribution >= 0.6 is 11.3 Å². The molecule has 0 saturated heterocycles. The van der Waals surface area contributed by atoms with E-state index in [0.29, 0.717) is 13.2 Å². The molecule has 0 radical (unpaired) electrons. The number of anilines is 2. The molecule has 1 heterocycles. The number of nitrogens with one attached hydrogen (secondary N) is 2. The lowest BCUT2D eigenvalue weighted by Gasteiger charge is -2.53. The van der Waals surface area contributed by atoms with E-state index in [9.17, 15) is 9.90 Å². The minimum Gasteiger partial charge on any atom is -0.392 e. The van der Waals surface area contributed by atoms with Crippen LogP contribution in [-0.4, -0.2) is 42.4 Å². The molecule has 1 aromatic heterocycles. The van der Waals surface area contributed by atoms with E-state index in [2.05, 4.69) is 24.5 Å². The average molecular weight is 458 g/mol. The molecule has 6 atom stereocenters. The minimum atomic E-state index is -0.521. The summed E-state index contributed by atoms with van der Waals surface area (Å²) in [5.41, 5.74) is 2.15. The van der Waals surface area contributed by atoms with E-state index < -0.39 is 6.10 Å². The molecule has 32 heavy (non-hydrogen) atoms. The van der Waals surface area contributed by atoms with Gasteiger partial charge in [-0.05, 0) is 48.6 Å². The van der Waals surface area contributed by atoms with Crippen molar-refractivity contribution in [1.82, 2.24) is 10.3 Å². The second-order valence-corrected chi connectivity index (χ2v) is 10.8. The van der Waals surface area contributed by atoms with Gasteiger partial charge in [-0.25, -0.2) is 4.98 Å². The first-order valence-electron chi connectivity index (χ1n) is 11.6. The number of benzene rings is 1. The zero-order chi connectivity index (χ0) is 22.9. The van der Waals surface area contributed by atoms with Crippen LogP contribution in [0.3, 0.4) is 0 Å². The fraction of sp³-hybridized carbons (Fsp3) is 0.600. The van der Waals surface area contributed by atoms with Gasteiger partial charge >= 0.3 is 0 Å². The second-order valence-electron chi connectivity index (χ2n) is 9.73. The first-order valence-corrected chi connectivity index (χ1v) is 12.4. The van der Waals surface area contributed by atoms with E-state index in [4.69, 9.17) is 9.72 Å². The van der Waals surface area contributed by atoms with E-state index in [1.54, 1.807) is 18.4 Å². The van der Waals surface area contributed by atoms with Gasteiger partial charge < -0.3 is 20.5 Å².